The molecular formula is C12H12N2O4S2. The second-order valence-corrected chi connectivity index (χ2v) is 6.93. The molecule has 8 heteroatoms. The minimum Gasteiger partial charge on any atom is -0.476 e. The first kappa shape index (κ1) is 14.5. The van der Waals surface area contributed by atoms with E-state index in [0.29, 0.717) is 5.69 Å². The second kappa shape index (κ2) is 5.22. The smallest absolute Gasteiger partial charge is 0.356 e. The standard InChI is InChI=1S/C12H12N2O4S2/c1-7-3-4-9(5-8(7)2)14-20(17,18)12-10(11(15)16)13-6-19-12/h3-6,14H,1-2H3,(H,15,16). The van der Waals surface area contributed by atoms with Crippen molar-refractivity contribution < 1.29 is 18.3 Å². The summed E-state index contributed by atoms with van der Waals surface area (Å²) in [7, 11) is -3.95. The number of aryl methyl sites for hydroxylation is 2. The Labute approximate surface area is 120 Å². The number of nitrogens with one attached hydrogen (secondary N) is 1. The molecule has 0 saturated heterocycles. The number of hydrogen-bond acceptors (Lipinski definition) is 5. The molecule has 0 amide bonds. The molecule has 2 aromatic rings. The van der Waals surface area contributed by atoms with Crippen molar-refractivity contribution in [1.82, 2.24) is 4.98 Å². The monoisotopic (exact) mass is 312 g/mol. The van der Waals surface area contributed by atoms with Crippen LogP contribution in [0.3, 0.4) is 0 Å². The van der Waals surface area contributed by atoms with Gasteiger partial charge in [-0.2, -0.15) is 0 Å². The van der Waals surface area contributed by atoms with Gasteiger partial charge < -0.3 is 5.11 Å². The van der Waals surface area contributed by atoms with Crippen LogP contribution < -0.4 is 4.72 Å². The molecule has 0 aliphatic rings. The summed E-state index contributed by atoms with van der Waals surface area (Å²) < 4.78 is 26.4. The highest BCUT2D eigenvalue weighted by atomic mass is 32.2. The zero-order valence-electron chi connectivity index (χ0n) is 10.7. The summed E-state index contributed by atoms with van der Waals surface area (Å²) in [5.74, 6) is -1.37. The lowest BCUT2D eigenvalue weighted by Crippen LogP contribution is -2.15. The molecule has 0 bridgehead atoms. The van der Waals surface area contributed by atoms with Gasteiger partial charge in [-0.15, -0.1) is 11.3 Å². The van der Waals surface area contributed by atoms with Gasteiger partial charge in [0.2, 0.25) is 0 Å². The van der Waals surface area contributed by atoms with Crippen molar-refractivity contribution in [2.45, 2.75) is 18.1 Å². The summed E-state index contributed by atoms with van der Waals surface area (Å²) >= 11 is 0.769. The van der Waals surface area contributed by atoms with Gasteiger partial charge >= 0.3 is 5.97 Å². The molecule has 0 aliphatic heterocycles. The summed E-state index contributed by atoms with van der Waals surface area (Å²) in [5.41, 5.74) is 3.09. The fraction of sp³-hybridized carbons (Fsp3) is 0.167. The van der Waals surface area contributed by atoms with E-state index in [0.717, 1.165) is 22.5 Å². The molecule has 0 fully saturated rings. The van der Waals surface area contributed by atoms with Gasteiger partial charge in [0.05, 0.1) is 5.51 Å². The molecule has 0 radical (unpaired) electrons. The predicted octanol–water partition coefficient (Wildman–Crippen LogP) is 2.26. The van der Waals surface area contributed by atoms with Gasteiger partial charge in [0.25, 0.3) is 10.0 Å². The van der Waals surface area contributed by atoms with Crippen molar-refractivity contribution in [3.8, 4) is 0 Å². The number of benzene rings is 1. The van der Waals surface area contributed by atoms with Crippen molar-refractivity contribution in [3.63, 3.8) is 0 Å². The number of carboxylic acid groups (broad SMARTS) is 1. The Morgan fingerprint density at radius 3 is 2.60 bits per heavy atom. The fourth-order valence-corrected chi connectivity index (χ4v) is 3.77. The number of carboxylic acids is 1. The van der Waals surface area contributed by atoms with Gasteiger partial charge in [-0.05, 0) is 37.1 Å². The van der Waals surface area contributed by atoms with Crippen molar-refractivity contribution in [3.05, 3.63) is 40.5 Å². The maximum Gasteiger partial charge on any atom is 0.356 e. The average Bonchev–Trinajstić information content (AvgIpc) is 2.83. The maximum absolute atomic E-state index is 12.2. The van der Waals surface area contributed by atoms with Crippen LogP contribution in [0, 0.1) is 13.8 Å². The summed E-state index contributed by atoms with van der Waals surface area (Å²) in [5, 5.41) is 8.92. The number of nitrogens with zero attached hydrogens (tertiary/aromatic N) is 1. The van der Waals surface area contributed by atoms with E-state index in [4.69, 9.17) is 5.11 Å². The molecule has 106 valence electrons. The fourth-order valence-electron chi connectivity index (χ4n) is 1.57. The van der Waals surface area contributed by atoms with Crippen LogP contribution in [0.15, 0.2) is 27.9 Å². The highest BCUT2D eigenvalue weighted by molar-refractivity contribution is 7.94. The molecule has 6 nitrogen and oxygen atoms in total. The Morgan fingerprint density at radius 1 is 1.30 bits per heavy atom. The van der Waals surface area contributed by atoms with E-state index >= 15 is 0 Å². The third-order valence-electron chi connectivity index (χ3n) is 2.74. The number of thiazole rings is 1. The van der Waals surface area contributed by atoms with E-state index in [2.05, 4.69) is 9.71 Å². The maximum atomic E-state index is 12.2. The number of rotatable bonds is 4. The Kier molecular flexibility index (Phi) is 3.78. The first-order chi connectivity index (χ1) is 9.31. The lowest BCUT2D eigenvalue weighted by atomic mass is 10.1. The number of aromatic carboxylic acids is 1. The molecule has 0 unspecified atom stereocenters. The first-order valence-corrected chi connectivity index (χ1v) is 7.94. The van der Waals surface area contributed by atoms with Gasteiger partial charge in [0.1, 0.15) is 0 Å². The SMILES string of the molecule is Cc1ccc(NS(=O)(=O)c2scnc2C(=O)O)cc1C. The van der Waals surface area contributed by atoms with Crippen LogP contribution in [-0.4, -0.2) is 24.5 Å². The highest BCUT2D eigenvalue weighted by Crippen LogP contribution is 2.24. The largest absolute Gasteiger partial charge is 0.476 e. The van der Waals surface area contributed by atoms with E-state index in [-0.39, 0.29) is 4.21 Å². The molecule has 20 heavy (non-hydrogen) atoms. The molecule has 2 N–H and O–H groups in total. The number of anilines is 1. The zero-order chi connectivity index (χ0) is 14.9. The molecule has 0 atom stereocenters. The predicted molar refractivity (Wildman–Crippen MR) is 75.8 cm³/mol. The molecule has 0 aliphatic carbocycles. The lowest BCUT2D eigenvalue weighted by molar-refractivity contribution is 0.0687. The Balaban J connectivity index is 2.38. The van der Waals surface area contributed by atoms with Gasteiger partial charge in [-0.3, -0.25) is 4.72 Å². The number of carbonyl (C=O) groups is 1. The summed E-state index contributed by atoms with van der Waals surface area (Å²) in [6, 6.07) is 5.10. The Hall–Kier alpha value is -1.93. The van der Waals surface area contributed by atoms with Crippen LogP contribution in [0.1, 0.15) is 21.6 Å². The summed E-state index contributed by atoms with van der Waals surface area (Å²) in [6.45, 7) is 3.78. The molecule has 1 aromatic heterocycles. The third kappa shape index (κ3) is 2.81. The molecule has 1 aromatic carbocycles. The van der Waals surface area contributed by atoms with E-state index in [9.17, 15) is 13.2 Å². The van der Waals surface area contributed by atoms with E-state index < -0.39 is 21.7 Å². The van der Waals surface area contributed by atoms with Crippen LogP contribution in [0.2, 0.25) is 0 Å². The minimum atomic E-state index is -3.95. The van der Waals surface area contributed by atoms with Crippen molar-refractivity contribution in [1.29, 1.82) is 0 Å². The van der Waals surface area contributed by atoms with Crippen LogP contribution in [0.5, 0.6) is 0 Å². The number of aromatic nitrogens is 1. The molecule has 2 rings (SSSR count). The van der Waals surface area contributed by atoms with Crippen LogP contribution in [0.25, 0.3) is 0 Å². The topological polar surface area (TPSA) is 96.4 Å². The van der Waals surface area contributed by atoms with E-state index in [1.807, 2.05) is 13.8 Å². The van der Waals surface area contributed by atoms with Gasteiger partial charge in [0, 0.05) is 5.69 Å². The zero-order valence-corrected chi connectivity index (χ0v) is 12.4. The van der Waals surface area contributed by atoms with E-state index in [1.165, 1.54) is 5.51 Å². The average molecular weight is 312 g/mol. The van der Waals surface area contributed by atoms with Crippen molar-refractivity contribution >= 4 is 33.0 Å². The van der Waals surface area contributed by atoms with Crippen molar-refractivity contribution in [2.24, 2.45) is 0 Å². The molecule has 1 heterocycles. The third-order valence-corrected chi connectivity index (χ3v) is 5.49. The Bertz CT molecular complexity index is 766. The lowest BCUT2D eigenvalue weighted by Gasteiger charge is -2.08. The van der Waals surface area contributed by atoms with Gasteiger partial charge in [-0.1, -0.05) is 6.07 Å². The highest BCUT2D eigenvalue weighted by Gasteiger charge is 2.25. The summed E-state index contributed by atoms with van der Waals surface area (Å²) in [6.07, 6.45) is 0. The Morgan fingerprint density at radius 2 is 2.00 bits per heavy atom. The van der Waals surface area contributed by atoms with Gasteiger partial charge in [0.15, 0.2) is 9.90 Å². The molecule has 0 saturated carbocycles. The van der Waals surface area contributed by atoms with E-state index in [1.54, 1.807) is 18.2 Å². The van der Waals surface area contributed by atoms with Gasteiger partial charge in [-0.25, -0.2) is 18.2 Å². The first-order valence-electron chi connectivity index (χ1n) is 5.58. The number of hydrogen-bond donors (Lipinski definition) is 2. The van der Waals surface area contributed by atoms with Crippen LogP contribution in [-0.2, 0) is 10.0 Å². The van der Waals surface area contributed by atoms with Crippen molar-refractivity contribution in [2.75, 3.05) is 4.72 Å². The summed E-state index contributed by atoms with van der Waals surface area (Å²) in [4.78, 5) is 14.5. The van der Waals surface area contributed by atoms with Crippen LogP contribution in [0.4, 0.5) is 5.69 Å². The second-order valence-electron chi connectivity index (χ2n) is 4.20. The molecule has 0 spiro atoms. The molecular weight excluding hydrogens is 300 g/mol. The van der Waals surface area contributed by atoms with Crippen LogP contribution >= 0.6 is 11.3 Å². The number of sulfonamides is 1. The minimum absolute atomic E-state index is 0.303. The quantitative estimate of drug-likeness (QED) is 0.902. The normalized spacial score (nSPS) is 11.3.